The first-order chi connectivity index (χ1) is 17.6. The van der Waals surface area contributed by atoms with Crippen molar-refractivity contribution in [1.82, 2.24) is 10.6 Å². The Morgan fingerprint density at radius 2 is 0.917 bits per heavy atom. The van der Waals surface area contributed by atoms with Crippen molar-refractivity contribution in [1.29, 1.82) is 0 Å². The second-order valence-electron chi connectivity index (χ2n) is 8.36. The fourth-order valence-corrected chi connectivity index (χ4v) is 3.46. The summed E-state index contributed by atoms with van der Waals surface area (Å²) in [5.41, 5.74) is 1.25. The summed E-state index contributed by atoms with van der Waals surface area (Å²) < 4.78 is 20.9. The van der Waals surface area contributed by atoms with E-state index in [4.69, 9.17) is 18.9 Å². The number of methoxy groups -OCH3 is 2. The van der Waals surface area contributed by atoms with E-state index >= 15 is 0 Å². The van der Waals surface area contributed by atoms with Crippen LogP contribution < -0.4 is 20.1 Å². The highest BCUT2D eigenvalue weighted by Crippen LogP contribution is 2.13. The first-order valence-corrected chi connectivity index (χ1v) is 12.6. The predicted molar refractivity (Wildman–Crippen MR) is 140 cm³/mol. The fraction of sp³-hybridized carbons (Fsp3) is 0.500. The van der Waals surface area contributed by atoms with Gasteiger partial charge < -0.3 is 29.6 Å². The summed E-state index contributed by atoms with van der Waals surface area (Å²) in [7, 11) is 3.26. The zero-order chi connectivity index (χ0) is 25.8. The summed E-state index contributed by atoms with van der Waals surface area (Å²) in [6, 6.07) is 14.3. The van der Waals surface area contributed by atoms with Gasteiger partial charge in [-0.15, -0.1) is 0 Å². The van der Waals surface area contributed by atoms with Crippen LogP contribution in [0.15, 0.2) is 48.5 Å². The highest BCUT2D eigenvalue weighted by atomic mass is 16.5. The number of carbonyl (C=O) groups is 2. The summed E-state index contributed by atoms with van der Waals surface area (Å²) in [5.74, 6) is 1.31. The van der Waals surface area contributed by atoms with Crippen LogP contribution in [0.3, 0.4) is 0 Å². The number of hydrogen-bond acceptors (Lipinski definition) is 6. The lowest BCUT2D eigenvalue weighted by Crippen LogP contribution is -2.24. The van der Waals surface area contributed by atoms with Crippen LogP contribution in [0.2, 0.25) is 0 Å². The molecular formula is C28H40N2O6. The van der Waals surface area contributed by atoms with Gasteiger partial charge in [0.1, 0.15) is 24.7 Å². The van der Waals surface area contributed by atoms with E-state index in [1.54, 1.807) is 62.8 Å². The van der Waals surface area contributed by atoms with Crippen molar-refractivity contribution in [3.05, 3.63) is 59.7 Å². The lowest BCUT2D eigenvalue weighted by molar-refractivity contribution is 0.0944. The second-order valence-corrected chi connectivity index (χ2v) is 8.36. The first kappa shape index (κ1) is 29.1. The number of rotatable bonds is 19. The van der Waals surface area contributed by atoms with E-state index in [1.807, 2.05) is 0 Å². The molecule has 36 heavy (non-hydrogen) atoms. The van der Waals surface area contributed by atoms with Crippen molar-refractivity contribution in [3.8, 4) is 11.5 Å². The van der Waals surface area contributed by atoms with Crippen molar-refractivity contribution in [2.75, 3.05) is 53.7 Å². The Kier molecular flexibility index (Phi) is 14.7. The number of ether oxygens (including phenoxy) is 4. The number of unbranched alkanes of at least 4 members (excludes halogenated alkanes) is 5. The Hall–Kier alpha value is -3.10. The fourth-order valence-electron chi connectivity index (χ4n) is 3.46. The van der Waals surface area contributed by atoms with Gasteiger partial charge in [0, 0.05) is 38.4 Å². The van der Waals surface area contributed by atoms with Crippen LogP contribution in [0.25, 0.3) is 0 Å². The van der Waals surface area contributed by atoms with Gasteiger partial charge in [-0.3, -0.25) is 9.59 Å². The maximum atomic E-state index is 12.2. The van der Waals surface area contributed by atoms with Crippen molar-refractivity contribution < 1.29 is 28.5 Å². The molecule has 0 atom stereocenters. The Labute approximate surface area is 214 Å². The van der Waals surface area contributed by atoms with E-state index in [-0.39, 0.29) is 11.8 Å². The van der Waals surface area contributed by atoms with Crippen LogP contribution in [0.1, 0.15) is 59.2 Å². The molecule has 0 saturated carbocycles. The van der Waals surface area contributed by atoms with E-state index in [0.29, 0.717) is 50.6 Å². The van der Waals surface area contributed by atoms with E-state index in [9.17, 15) is 9.59 Å². The van der Waals surface area contributed by atoms with Gasteiger partial charge in [-0.05, 0) is 61.4 Å². The quantitative estimate of drug-likeness (QED) is 0.280. The van der Waals surface area contributed by atoms with E-state index in [2.05, 4.69) is 10.6 Å². The monoisotopic (exact) mass is 500 g/mol. The maximum absolute atomic E-state index is 12.2. The van der Waals surface area contributed by atoms with Crippen LogP contribution in [0.4, 0.5) is 0 Å². The molecule has 8 heteroatoms. The molecule has 0 aromatic heterocycles. The molecule has 0 aliphatic heterocycles. The third kappa shape index (κ3) is 12.0. The zero-order valence-electron chi connectivity index (χ0n) is 21.6. The smallest absolute Gasteiger partial charge is 0.251 e. The van der Waals surface area contributed by atoms with Gasteiger partial charge >= 0.3 is 0 Å². The summed E-state index contributed by atoms with van der Waals surface area (Å²) in [6.45, 7) is 3.35. The van der Waals surface area contributed by atoms with Crippen molar-refractivity contribution in [2.45, 2.75) is 38.5 Å². The average Bonchev–Trinajstić information content (AvgIpc) is 2.90. The third-order valence-electron chi connectivity index (χ3n) is 5.52. The Balaban J connectivity index is 1.46. The average molecular weight is 501 g/mol. The number of hydrogen-bond donors (Lipinski definition) is 2. The van der Waals surface area contributed by atoms with Crippen molar-refractivity contribution in [3.63, 3.8) is 0 Å². The molecule has 0 saturated heterocycles. The molecule has 0 bridgehead atoms. The lowest BCUT2D eigenvalue weighted by atomic mass is 10.1. The molecule has 2 rings (SSSR count). The number of amides is 2. The number of benzene rings is 2. The predicted octanol–water partition coefficient (Wildman–Crippen LogP) is 4.24. The standard InChI is InChI=1S/C28H40N2O6/c1-33-19-21-35-25-13-9-23(10-14-25)27(31)29-17-7-5-3-4-6-8-18-30-28(32)24-11-15-26(16-12-24)36-22-20-34-2/h9-16H,3-8,17-22H2,1-2H3,(H,29,31)(H,30,32). The van der Waals surface area contributed by atoms with Gasteiger partial charge in [0.2, 0.25) is 0 Å². The normalized spacial score (nSPS) is 10.6. The highest BCUT2D eigenvalue weighted by molar-refractivity contribution is 5.94. The first-order valence-electron chi connectivity index (χ1n) is 12.6. The van der Waals surface area contributed by atoms with Gasteiger partial charge in [-0.25, -0.2) is 0 Å². The van der Waals surface area contributed by atoms with Gasteiger partial charge in [-0.2, -0.15) is 0 Å². The second kappa shape index (κ2) is 18.2. The molecule has 0 aliphatic carbocycles. The van der Waals surface area contributed by atoms with E-state index in [0.717, 1.165) is 50.0 Å². The molecule has 8 nitrogen and oxygen atoms in total. The maximum Gasteiger partial charge on any atom is 0.251 e. The van der Waals surface area contributed by atoms with Crippen LogP contribution in [0, 0.1) is 0 Å². The number of carbonyl (C=O) groups excluding carboxylic acids is 2. The Morgan fingerprint density at radius 3 is 1.28 bits per heavy atom. The summed E-state index contributed by atoms with van der Waals surface area (Å²) in [6.07, 6.45) is 6.26. The summed E-state index contributed by atoms with van der Waals surface area (Å²) in [5, 5.41) is 5.93. The molecule has 2 amide bonds. The van der Waals surface area contributed by atoms with Crippen LogP contribution >= 0.6 is 0 Å². The summed E-state index contributed by atoms with van der Waals surface area (Å²) >= 11 is 0. The topological polar surface area (TPSA) is 95.1 Å². The molecule has 0 unspecified atom stereocenters. The largest absolute Gasteiger partial charge is 0.491 e. The van der Waals surface area contributed by atoms with E-state index < -0.39 is 0 Å². The third-order valence-corrected chi connectivity index (χ3v) is 5.52. The molecule has 2 aromatic rings. The van der Waals surface area contributed by atoms with Gasteiger partial charge in [-0.1, -0.05) is 25.7 Å². The zero-order valence-corrected chi connectivity index (χ0v) is 21.6. The minimum atomic E-state index is -0.0672. The molecule has 0 fully saturated rings. The highest BCUT2D eigenvalue weighted by Gasteiger charge is 2.06. The minimum Gasteiger partial charge on any atom is -0.491 e. The minimum absolute atomic E-state index is 0.0672. The molecular weight excluding hydrogens is 460 g/mol. The molecule has 0 radical (unpaired) electrons. The SMILES string of the molecule is COCCOc1ccc(C(=O)NCCCCCCCCNC(=O)c2ccc(OCCOC)cc2)cc1. The Bertz CT molecular complexity index is 797. The van der Waals surface area contributed by atoms with Gasteiger partial charge in [0.05, 0.1) is 13.2 Å². The molecule has 0 heterocycles. The summed E-state index contributed by atoms with van der Waals surface area (Å²) in [4.78, 5) is 24.5. The molecule has 2 aromatic carbocycles. The molecule has 0 spiro atoms. The van der Waals surface area contributed by atoms with E-state index in [1.165, 1.54) is 0 Å². The van der Waals surface area contributed by atoms with Crippen LogP contribution in [-0.4, -0.2) is 65.6 Å². The van der Waals surface area contributed by atoms with Gasteiger partial charge in [0.25, 0.3) is 11.8 Å². The van der Waals surface area contributed by atoms with Crippen LogP contribution in [0.5, 0.6) is 11.5 Å². The Morgan fingerprint density at radius 1 is 0.556 bits per heavy atom. The van der Waals surface area contributed by atoms with Crippen LogP contribution in [-0.2, 0) is 9.47 Å². The van der Waals surface area contributed by atoms with Crippen molar-refractivity contribution >= 4 is 11.8 Å². The molecule has 198 valence electrons. The van der Waals surface area contributed by atoms with Gasteiger partial charge in [0.15, 0.2) is 0 Å². The lowest BCUT2D eigenvalue weighted by Gasteiger charge is -2.08. The molecule has 0 aliphatic rings. The number of nitrogens with one attached hydrogen (secondary N) is 2. The molecule has 2 N–H and O–H groups in total. The van der Waals surface area contributed by atoms with Crippen molar-refractivity contribution in [2.24, 2.45) is 0 Å².